The van der Waals surface area contributed by atoms with E-state index in [0.29, 0.717) is 19.4 Å². The highest BCUT2D eigenvalue weighted by molar-refractivity contribution is 5.69. The number of amides is 1. The zero-order valence-corrected chi connectivity index (χ0v) is 10.4. The maximum absolute atomic E-state index is 11.2. The summed E-state index contributed by atoms with van der Waals surface area (Å²) in [5, 5.41) is 11.2. The van der Waals surface area contributed by atoms with Crippen molar-refractivity contribution in [3.8, 4) is 0 Å². The molecular weight excluding hydrogens is 210 g/mol. The fraction of sp³-hybridized carbons (Fsp3) is 0.818. The SMILES string of the molecule is CC(CCCNC(=O)OC(C)(C)C)C(=O)O. The second-order valence-electron chi connectivity index (χ2n) is 4.81. The molecule has 0 aromatic rings. The first-order valence-electron chi connectivity index (χ1n) is 5.42. The molecule has 0 aliphatic heterocycles. The standard InChI is InChI=1S/C11H21NO4/c1-8(9(13)14)6-5-7-12-10(15)16-11(2,3)4/h8H,5-7H2,1-4H3,(H,12,15)(H,13,14). The Balaban J connectivity index is 3.60. The van der Waals surface area contributed by atoms with Gasteiger partial charge in [-0.15, -0.1) is 0 Å². The lowest BCUT2D eigenvalue weighted by Crippen LogP contribution is -2.33. The van der Waals surface area contributed by atoms with Crippen LogP contribution >= 0.6 is 0 Å². The number of rotatable bonds is 5. The van der Waals surface area contributed by atoms with E-state index in [0.717, 1.165) is 0 Å². The van der Waals surface area contributed by atoms with Gasteiger partial charge in [0.25, 0.3) is 0 Å². The van der Waals surface area contributed by atoms with E-state index >= 15 is 0 Å². The molecule has 0 heterocycles. The number of carboxylic acids is 1. The predicted octanol–water partition coefficient (Wildman–Crippen LogP) is 2.01. The highest BCUT2D eigenvalue weighted by Crippen LogP contribution is 2.07. The van der Waals surface area contributed by atoms with E-state index in [1.54, 1.807) is 27.7 Å². The third-order valence-electron chi connectivity index (χ3n) is 1.90. The van der Waals surface area contributed by atoms with E-state index in [9.17, 15) is 9.59 Å². The molecule has 0 saturated carbocycles. The molecule has 1 atom stereocenters. The highest BCUT2D eigenvalue weighted by atomic mass is 16.6. The molecule has 0 aromatic carbocycles. The summed E-state index contributed by atoms with van der Waals surface area (Å²) >= 11 is 0. The summed E-state index contributed by atoms with van der Waals surface area (Å²) in [6.45, 7) is 7.46. The van der Waals surface area contributed by atoms with Crippen LogP contribution in [-0.2, 0) is 9.53 Å². The second-order valence-corrected chi connectivity index (χ2v) is 4.81. The van der Waals surface area contributed by atoms with Crippen molar-refractivity contribution in [3.63, 3.8) is 0 Å². The Hall–Kier alpha value is -1.26. The maximum atomic E-state index is 11.2. The molecule has 0 aliphatic rings. The summed E-state index contributed by atoms with van der Waals surface area (Å²) in [5.74, 6) is -1.18. The van der Waals surface area contributed by atoms with E-state index < -0.39 is 17.7 Å². The summed E-state index contributed by atoms with van der Waals surface area (Å²) in [6, 6.07) is 0. The molecule has 1 amide bonds. The van der Waals surface area contributed by atoms with Gasteiger partial charge in [-0.1, -0.05) is 6.92 Å². The van der Waals surface area contributed by atoms with Crippen molar-refractivity contribution in [2.45, 2.75) is 46.1 Å². The van der Waals surface area contributed by atoms with Crippen LogP contribution in [0, 0.1) is 5.92 Å². The first-order chi connectivity index (χ1) is 7.22. The number of ether oxygens (including phenoxy) is 1. The summed E-state index contributed by atoms with van der Waals surface area (Å²) in [4.78, 5) is 21.7. The van der Waals surface area contributed by atoms with Crippen LogP contribution in [0.4, 0.5) is 4.79 Å². The van der Waals surface area contributed by atoms with Gasteiger partial charge in [-0.3, -0.25) is 4.79 Å². The van der Waals surface area contributed by atoms with Crippen molar-refractivity contribution in [2.24, 2.45) is 5.92 Å². The third-order valence-corrected chi connectivity index (χ3v) is 1.90. The predicted molar refractivity (Wildman–Crippen MR) is 60.3 cm³/mol. The van der Waals surface area contributed by atoms with Gasteiger partial charge < -0.3 is 15.2 Å². The van der Waals surface area contributed by atoms with Gasteiger partial charge >= 0.3 is 12.1 Å². The molecule has 0 radical (unpaired) electrons. The summed E-state index contributed by atoms with van der Waals surface area (Å²) in [5.41, 5.74) is -0.502. The molecule has 0 spiro atoms. The van der Waals surface area contributed by atoms with Gasteiger partial charge in [0.05, 0.1) is 5.92 Å². The smallest absolute Gasteiger partial charge is 0.407 e. The minimum Gasteiger partial charge on any atom is -0.481 e. The zero-order chi connectivity index (χ0) is 12.8. The molecular formula is C11H21NO4. The number of carboxylic acid groups (broad SMARTS) is 1. The van der Waals surface area contributed by atoms with Crippen LogP contribution < -0.4 is 5.32 Å². The summed E-state index contributed by atoms with van der Waals surface area (Å²) in [7, 11) is 0. The molecule has 0 aromatic heterocycles. The molecule has 0 saturated heterocycles. The molecule has 0 bridgehead atoms. The highest BCUT2D eigenvalue weighted by Gasteiger charge is 2.15. The van der Waals surface area contributed by atoms with Crippen LogP contribution in [0.3, 0.4) is 0 Å². The van der Waals surface area contributed by atoms with Crippen molar-refractivity contribution in [1.82, 2.24) is 5.32 Å². The zero-order valence-electron chi connectivity index (χ0n) is 10.4. The average Bonchev–Trinajstić information content (AvgIpc) is 2.08. The fourth-order valence-electron chi connectivity index (χ4n) is 1.04. The molecule has 2 N–H and O–H groups in total. The number of carbonyl (C=O) groups is 2. The van der Waals surface area contributed by atoms with Crippen LogP contribution in [0.1, 0.15) is 40.5 Å². The topological polar surface area (TPSA) is 75.6 Å². The molecule has 5 heteroatoms. The first-order valence-corrected chi connectivity index (χ1v) is 5.42. The van der Waals surface area contributed by atoms with Crippen LogP contribution in [-0.4, -0.2) is 29.3 Å². The minimum atomic E-state index is -0.808. The Kier molecular flexibility index (Phi) is 5.85. The summed E-state index contributed by atoms with van der Waals surface area (Å²) < 4.78 is 5.03. The fourth-order valence-corrected chi connectivity index (χ4v) is 1.04. The summed E-state index contributed by atoms with van der Waals surface area (Å²) in [6.07, 6.45) is 0.716. The number of nitrogens with one attached hydrogen (secondary N) is 1. The number of carbonyl (C=O) groups excluding carboxylic acids is 1. The van der Waals surface area contributed by atoms with E-state index in [-0.39, 0.29) is 5.92 Å². The number of hydrogen-bond donors (Lipinski definition) is 2. The largest absolute Gasteiger partial charge is 0.481 e. The Morgan fingerprint density at radius 3 is 2.38 bits per heavy atom. The van der Waals surface area contributed by atoms with Crippen LogP contribution in [0.2, 0.25) is 0 Å². The van der Waals surface area contributed by atoms with Gasteiger partial charge in [0.15, 0.2) is 0 Å². The normalized spacial score (nSPS) is 13.0. The van der Waals surface area contributed by atoms with Gasteiger partial charge in [-0.2, -0.15) is 0 Å². The van der Waals surface area contributed by atoms with Crippen LogP contribution in [0.15, 0.2) is 0 Å². The maximum Gasteiger partial charge on any atom is 0.407 e. The second kappa shape index (κ2) is 6.35. The van der Waals surface area contributed by atoms with E-state index in [1.807, 2.05) is 0 Å². The number of aliphatic carboxylic acids is 1. The van der Waals surface area contributed by atoms with Crippen molar-refractivity contribution < 1.29 is 19.4 Å². The number of hydrogen-bond acceptors (Lipinski definition) is 3. The van der Waals surface area contributed by atoms with Crippen molar-refractivity contribution in [1.29, 1.82) is 0 Å². The Morgan fingerprint density at radius 2 is 1.94 bits per heavy atom. The van der Waals surface area contributed by atoms with Crippen molar-refractivity contribution in [3.05, 3.63) is 0 Å². The van der Waals surface area contributed by atoms with E-state index in [1.165, 1.54) is 0 Å². The lowest BCUT2D eigenvalue weighted by atomic mass is 10.1. The Bertz CT molecular complexity index is 245. The molecule has 0 rings (SSSR count). The molecule has 0 aliphatic carbocycles. The van der Waals surface area contributed by atoms with Crippen LogP contribution in [0.25, 0.3) is 0 Å². The Labute approximate surface area is 96.2 Å². The Morgan fingerprint density at radius 1 is 1.38 bits per heavy atom. The van der Waals surface area contributed by atoms with Gasteiger partial charge in [0.1, 0.15) is 5.60 Å². The van der Waals surface area contributed by atoms with Gasteiger partial charge in [-0.05, 0) is 33.6 Å². The molecule has 5 nitrogen and oxygen atoms in total. The molecule has 1 unspecified atom stereocenters. The van der Waals surface area contributed by atoms with Gasteiger partial charge in [0, 0.05) is 6.54 Å². The van der Waals surface area contributed by atoms with Gasteiger partial charge in [-0.25, -0.2) is 4.79 Å². The minimum absolute atomic E-state index is 0.375. The lowest BCUT2D eigenvalue weighted by molar-refractivity contribution is -0.141. The molecule has 94 valence electrons. The van der Waals surface area contributed by atoms with Crippen LogP contribution in [0.5, 0.6) is 0 Å². The third kappa shape index (κ3) is 8.08. The van der Waals surface area contributed by atoms with E-state index in [2.05, 4.69) is 5.32 Å². The monoisotopic (exact) mass is 231 g/mol. The quantitative estimate of drug-likeness (QED) is 0.710. The molecule has 16 heavy (non-hydrogen) atoms. The first kappa shape index (κ1) is 14.7. The van der Waals surface area contributed by atoms with Crippen molar-refractivity contribution >= 4 is 12.1 Å². The van der Waals surface area contributed by atoms with Gasteiger partial charge in [0.2, 0.25) is 0 Å². The number of alkyl carbamates (subject to hydrolysis) is 1. The van der Waals surface area contributed by atoms with Crippen molar-refractivity contribution in [2.75, 3.05) is 6.54 Å². The van der Waals surface area contributed by atoms with E-state index in [4.69, 9.17) is 9.84 Å². The lowest BCUT2D eigenvalue weighted by Gasteiger charge is -2.19. The molecule has 0 fully saturated rings. The average molecular weight is 231 g/mol.